The molecular formula is C14H26N2O4. The molecule has 1 fully saturated rings. The third-order valence-electron chi connectivity index (χ3n) is 4.10. The van der Waals surface area contributed by atoms with E-state index < -0.39 is 11.9 Å². The van der Waals surface area contributed by atoms with Gasteiger partial charge < -0.3 is 19.6 Å². The van der Waals surface area contributed by atoms with Gasteiger partial charge in [0.2, 0.25) is 0 Å². The molecule has 0 bridgehead atoms. The Morgan fingerprint density at radius 3 is 2.55 bits per heavy atom. The van der Waals surface area contributed by atoms with Crippen molar-refractivity contribution in [2.45, 2.75) is 33.2 Å². The number of likely N-dealkylation sites (tertiary alicyclic amines) is 1. The van der Waals surface area contributed by atoms with Crippen molar-refractivity contribution in [3.63, 3.8) is 0 Å². The molecule has 1 aliphatic rings. The molecule has 0 spiro atoms. The number of rotatable bonds is 6. The van der Waals surface area contributed by atoms with Crippen LogP contribution in [0.5, 0.6) is 0 Å². The largest absolute Gasteiger partial charge is 0.481 e. The van der Waals surface area contributed by atoms with E-state index >= 15 is 0 Å². The van der Waals surface area contributed by atoms with Gasteiger partial charge in [0.25, 0.3) is 0 Å². The zero-order valence-electron chi connectivity index (χ0n) is 12.8. The van der Waals surface area contributed by atoms with Gasteiger partial charge in [0.1, 0.15) is 0 Å². The van der Waals surface area contributed by atoms with E-state index in [1.54, 1.807) is 16.9 Å². The van der Waals surface area contributed by atoms with E-state index in [4.69, 9.17) is 9.84 Å². The molecule has 0 aromatic carbocycles. The van der Waals surface area contributed by atoms with E-state index in [0.717, 1.165) is 6.42 Å². The molecule has 6 heteroatoms. The van der Waals surface area contributed by atoms with Gasteiger partial charge in [-0.05, 0) is 19.3 Å². The van der Waals surface area contributed by atoms with Crippen molar-refractivity contribution in [1.29, 1.82) is 0 Å². The summed E-state index contributed by atoms with van der Waals surface area (Å²) in [4.78, 5) is 27.1. The van der Waals surface area contributed by atoms with E-state index in [2.05, 4.69) is 0 Å². The smallest absolute Gasteiger partial charge is 0.320 e. The summed E-state index contributed by atoms with van der Waals surface area (Å²) in [6.07, 6.45) is 0.862. The number of ether oxygens (including phenoxy) is 1. The third-order valence-corrected chi connectivity index (χ3v) is 4.10. The van der Waals surface area contributed by atoms with Crippen LogP contribution < -0.4 is 0 Å². The summed E-state index contributed by atoms with van der Waals surface area (Å²) in [5.41, 5.74) is 0. The molecule has 1 rings (SSSR count). The first-order chi connectivity index (χ1) is 9.42. The Morgan fingerprint density at radius 1 is 1.45 bits per heavy atom. The third kappa shape index (κ3) is 3.85. The number of hydrogen-bond donors (Lipinski definition) is 1. The maximum Gasteiger partial charge on any atom is 0.320 e. The molecule has 0 aromatic heterocycles. The minimum Gasteiger partial charge on any atom is -0.481 e. The molecule has 1 aliphatic heterocycles. The van der Waals surface area contributed by atoms with E-state index in [-0.39, 0.29) is 18.0 Å². The molecule has 0 radical (unpaired) electrons. The highest BCUT2D eigenvalue weighted by Gasteiger charge is 2.38. The Balaban J connectivity index is 2.72. The Hall–Kier alpha value is -1.30. The number of amides is 2. The molecule has 0 aromatic rings. The first kappa shape index (κ1) is 16.8. The fourth-order valence-corrected chi connectivity index (χ4v) is 2.54. The highest BCUT2D eigenvalue weighted by Crippen LogP contribution is 2.24. The number of nitrogens with zero attached hydrogens (tertiary/aromatic N) is 2. The first-order valence-corrected chi connectivity index (χ1v) is 7.19. The van der Waals surface area contributed by atoms with Crippen LogP contribution in [-0.2, 0) is 9.53 Å². The van der Waals surface area contributed by atoms with Crippen LogP contribution in [0.15, 0.2) is 0 Å². The molecule has 20 heavy (non-hydrogen) atoms. The topological polar surface area (TPSA) is 70.1 Å². The molecule has 0 aliphatic carbocycles. The lowest BCUT2D eigenvalue weighted by Crippen LogP contribution is -2.48. The van der Waals surface area contributed by atoms with Crippen LogP contribution in [0, 0.1) is 11.8 Å². The predicted octanol–water partition coefficient (Wildman–Crippen LogP) is 1.51. The van der Waals surface area contributed by atoms with Crippen molar-refractivity contribution >= 4 is 12.0 Å². The monoisotopic (exact) mass is 286 g/mol. The molecule has 6 nitrogen and oxygen atoms in total. The van der Waals surface area contributed by atoms with Crippen LogP contribution in [0.4, 0.5) is 4.79 Å². The van der Waals surface area contributed by atoms with Crippen LogP contribution >= 0.6 is 0 Å². The average molecular weight is 286 g/mol. The number of carboxylic acid groups (broad SMARTS) is 1. The molecular weight excluding hydrogens is 260 g/mol. The van der Waals surface area contributed by atoms with Crippen LogP contribution in [-0.4, -0.2) is 66.3 Å². The lowest BCUT2D eigenvalue weighted by molar-refractivity contribution is -0.142. The summed E-state index contributed by atoms with van der Waals surface area (Å²) in [5, 5.41) is 9.15. The summed E-state index contributed by atoms with van der Waals surface area (Å²) < 4.78 is 5.05. The van der Waals surface area contributed by atoms with E-state index in [0.29, 0.717) is 26.2 Å². The van der Waals surface area contributed by atoms with Gasteiger partial charge >= 0.3 is 12.0 Å². The van der Waals surface area contributed by atoms with Crippen LogP contribution in [0.2, 0.25) is 0 Å². The molecule has 3 atom stereocenters. The summed E-state index contributed by atoms with van der Waals surface area (Å²) in [6.45, 7) is 7.75. The highest BCUT2D eigenvalue weighted by molar-refractivity contribution is 5.78. The second kappa shape index (κ2) is 7.47. The summed E-state index contributed by atoms with van der Waals surface area (Å²) in [5.74, 6) is -1.28. The Labute approximate surface area is 120 Å². The molecule has 1 N–H and O–H groups in total. The molecule has 116 valence electrons. The second-order valence-electron chi connectivity index (χ2n) is 5.55. The van der Waals surface area contributed by atoms with Crippen LogP contribution in [0.3, 0.4) is 0 Å². The lowest BCUT2D eigenvalue weighted by Gasteiger charge is -2.32. The Bertz CT molecular complexity index is 348. The van der Waals surface area contributed by atoms with Crippen molar-refractivity contribution in [1.82, 2.24) is 9.80 Å². The normalized spacial score (nSPS) is 23.7. The minimum atomic E-state index is -0.820. The van der Waals surface area contributed by atoms with Gasteiger partial charge in [-0.3, -0.25) is 4.79 Å². The van der Waals surface area contributed by atoms with Crippen LogP contribution in [0.1, 0.15) is 27.2 Å². The standard InChI is InChI=1S/C14H26N2O4/c1-5-11(3)16(6-7-20-4)14(19)15-8-10(2)12(9-15)13(17)18/h10-12H,5-9H2,1-4H3,(H,17,18)/t10-,11?,12-/m1/s1. The van der Waals surface area contributed by atoms with Crippen molar-refractivity contribution in [2.24, 2.45) is 11.8 Å². The summed E-state index contributed by atoms with van der Waals surface area (Å²) >= 11 is 0. The molecule has 2 amide bonds. The van der Waals surface area contributed by atoms with Gasteiger partial charge in [-0.25, -0.2) is 4.79 Å². The number of urea groups is 1. The first-order valence-electron chi connectivity index (χ1n) is 7.19. The van der Waals surface area contributed by atoms with Crippen molar-refractivity contribution in [2.75, 3.05) is 33.4 Å². The fraction of sp³-hybridized carbons (Fsp3) is 0.857. The van der Waals surface area contributed by atoms with E-state index in [1.165, 1.54) is 0 Å². The van der Waals surface area contributed by atoms with Gasteiger partial charge in [-0.15, -0.1) is 0 Å². The number of hydrogen-bond acceptors (Lipinski definition) is 3. The number of carbonyl (C=O) groups excluding carboxylic acids is 1. The van der Waals surface area contributed by atoms with Gasteiger partial charge in [0.15, 0.2) is 0 Å². The van der Waals surface area contributed by atoms with E-state index in [1.807, 2.05) is 20.8 Å². The maximum atomic E-state index is 12.6. The molecule has 1 unspecified atom stereocenters. The predicted molar refractivity (Wildman–Crippen MR) is 75.6 cm³/mol. The number of methoxy groups -OCH3 is 1. The number of aliphatic carboxylic acids is 1. The van der Waals surface area contributed by atoms with Gasteiger partial charge in [0, 0.05) is 32.8 Å². The zero-order chi connectivity index (χ0) is 15.3. The maximum absolute atomic E-state index is 12.6. The minimum absolute atomic E-state index is 0.00217. The quantitative estimate of drug-likeness (QED) is 0.803. The number of carboxylic acids is 1. The van der Waals surface area contributed by atoms with Crippen molar-refractivity contribution < 1.29 is 19.4 Å². The SMILES string of the molecule is CCC(C)N(CCOC)C(=O)N1C[C@@H](C)[C@H](C(=O)O)C1. The van der Waals surface area contributed by atoms with Gasteiger partial charge in [0.05, 0.1) is 12.5 Å². The fourth-order valence-electron chi connectivity index (χ4n) is 2.54. The van der Waals surface area contributed by atoms with Crippen LogP contribution in [0.25, 0.3) is 0 Å². The average Bonchev–Trinajstić information content (AvgIpc) is 2.80. The highest BCUT2D eigenvalue weighted by atomic mass is 16.5. The lowest BCUT2D eigenvalue weighted by atomic mass is 9.99. The second-order valence-corrected chi connectivity index (χ2v) is 5.55. The number of carbonyl (C=O) groups is 2. The summed E-state index contributed by atoms with van der Waals surface area (Å²) in [7, 11) is 1.61. The van der Waals surface area contributed by atoms with E-state index in [9.17, 15) is 9.59 Å². The van der Waals surface area contributed by atoms with Crippen molar-refractivity contribution in [3.8, 4) is 0 Å². The summed E-state index contributed by atoms with van der Waals surface area (Å²) in [6, 6.07) is 0.0452. The van der Waals surface area contributed by atoms with Gasteiger partial charge in [-0.2, -0.15) is 0 Å². The molecule has 1 heterocycles. The Kier molecular flexibility index (Phi) is 6.26. The molecule has 0 saturated carbocycles. The van der Waals surface area contributed by atoms with Gasteiger partial charge in [-0.1, -0.05) is 13.8 Å². The molecule has 1 saturated heterocycles. The Morgan fingerprint density at radius 2 is 2.10 bits per heavy atom. The van der Waals surface area contributed by atoms with Crippen molar-refractivity contribution in [3.05, 3.63) is 0 Å². The zero-order valence-corrected chi connectivity index (χ0v) is 12.8.